The predicted octanol–water partition coefficient (Wildman–Crippen LogP) is 3.50. The first-order valence-electron chi connectivity index (χ1n) is 14.7. The summed E-state index contributed by atoms with van der Waals surface area (Å²) in [4.78, 5) is 40.1. The number of rotatable bonds is 9. The zero-order valence-electron chi connectivity index (χ0n) is 24.3. The second-order valence-electron chi connectivity index (χ2n) is 10.9. The fourth-order valence-electron chi connectivity index (χ4n) is 5.62. The summed E-state index contributed by atoms with van der Waals surface area (Å²) in [7, 11) is 1.74. The molecule has 0 unspecified atom stereocenters. The normalized spacial score (nSPS) is 18.8. The van der Waals surface area contributed by atoms with Crippen LogP contribution < -0.4 is 15.0 Å². The molecule has 0 aromatic carbocycles. The lowest BCUT2D eigenvalue weighted by molar-refractivity contribution is 0.122. The first-order valence-corrected chi connectivity index (χ1v) is 14.7. The van der Waals surface area contributed by atoms with Crippen molar-refractivity contribution in [1.29, 1.82) is 0 Å². The maximum Gasteiger partial charge on any atom is 0.271 e. The second kappa shape index (κ2) is 12.3. The summed E-state index contributed by atoms with van der Waals surface area (Å²) >= 11 is 0. The number of ether oxygens (including phenoxy) is 2. The van der Waals surface area contributed by atoms with Crippen molar-refractivity contribution >= 4 is 28.6 Å². The Bertz CT molecular complexity index is 1740. The fourth-order valence-corrected chi connectivity index (χ4v) is 5.62. The Morgan fingerprint density at radius 1 is 1.02 bits per heavy atom. The van der Waals surface area contributed by atoms with Crippen molar-refractivity contribution in [3.63, 3.8) is 0 Å². The third-order valence-electron chi connectivity index (χ3n) is 8.08. The van der Waals surface area contributed by atoms with E-state index < -0.39 is 0 Å². The van der Waals surface area contributed by atoms with Gasteiger partial charge in [0, 0.05) is 61.6 Å². The molecule has 1 aliphatic carbocycles. The molecule has 5 aromatic heterocycles. The average Bonchev–Trinajstić information content (AvgIpc) is 3.69. The molecule has 15 nitrogen and oxygen atoms in total. The molecule has 0 amide bonds. The lowest BCUT2D eigenvalue weighted by Crippen LogP contribution is -2.37. The van der Waals surface area contributed by atoms with Crippen molar-refractivity contribution < 1.29 is 9.47 Å². The summed E-state index contributed by atoms with van der Waals surface area (Å²) in [6.07, 6.45) is 12.2. The van der Waals surface area contributed by atoms with E-state index >= 15 is 0 Å². The van der Waals surface area contributed by atoms with Crippen LogP contribution in [0.25, 0.3) is 22.3 Å². The van der Waals surface area contributed by atoms with Crippen LogP contribution in [0, 0.1) is 4.91 Å². The minimum Gasteiger partial charge on any atom is -0.474 e. The van der Waals surface area contributed by atoms with Gasteiger partial charge in [-0.15, -0.1) is 4.91 Å². The number of nitrogens with zero attached hydrogens (tertiary/aromatic N) is 11. The van der Waals surface area contributed by atoms with E-state index in [1.54, 1.807) is 47.4 Å². The van der Waals surface area contributed by atoms with E-state index in [4.69, 9.17) is 19.4 Å². The van der Waals surface area contributed by atoms with E-state index in [1.165, 1.54) is 0 Å². The quantitative estimate of drug-likeness (QED) is 0.247. The molecule has 1 aliphatic heterocycles. The minimum atomic E-state index is 0.0195. The van der Waals surface area contributed by atoms with Crippen LogP contribution in [0.1, 0.15) is 31.4 Å². The van der Waals surface area contributed by atoms with Gasteiger partial charge in [-0.05, 0) is 37.8 Å². The van der Waals surface area contributed by atoms with Gasteiger partial charge in [-0.3, -0.25) is 4.98 Å². The molecular formula is C29H32N12O3. The summed E-state index contributed by atoms with van der Waals surface area (Å²) in [6.45, 7) is 3.22. The zero-order chi connectivity index (χ0) is 29.9. The largest absolute Gasteiger partial charge is 0.474 e. The van der Waals surface area contributed by atoms with E-state index in [9.17, 15) is 4.91 Å². The predicted molar refractivity (Wildman–Crippen MR) is 162 cm³/mol. The number of nitrogens with one attached hydrogen (secondary N) is 1. The summed E-state index contributed by atoms with van der Waals surface area (Å²) in [5.74, 6) is 2.68. The number of pyridine rings is 2. The van der Waals surface area contributed by atoms with Crippen molar-refractivity contribution in [3.05, 3.63) is 59.9 Å². The van der Waals surface area contributed by atoms with E-state index in [-0.39, 0.29) is 12.1 Å². The number of anilines is 2. The highest BCUT2D eigenvalue weighted by Crippen LogP contribution is 2.33. The highest BCUT2D eigenvalue weighted by atomic mass is 16.5. The van der Waals surface area contributed by atoms with Gasteiger partial charge in [-0.2, -0.15) is 10.1 Å². The smallest absolute Gasteiger partial charge is 0.271 e. The number of fused-ring (bicyclic) bond motifs is 1. The van der Waals surface area contributed by atoms with E-state index in [2.05, 4.69) is 40.4 Å². The van der Waals surface area contributed by atoms with E-state index in [0.717, 1.165) is 66.8 Å². The van der Waals surface area contributed by atoms with Gasteiger partial charge in [0.05, 0.1) is 42.6 Å². The van der Waals surface area contributed by atoms with Crippen molar-refractivity contribution in [2.75, 3.05) is 36.5 Å². The molecule has 2 fully saturated rings. The fraction of sp³-hybridized carbons (Fsp3) is 0.414. The topological polar surface area (TPSA) is 163 Å². The van der Waals surface area contributed by atoms with Gasteiger partial charge in [-0.1, -0.05) is 0 Å². The molecule has 6 heterocycles. The summed E-state index contributed by atoms with van der Waals surface area (Å²) < 4.78 is 15.5. The Morgan fingerprint density at radius 2 is 1.84 bits per heavy atom. The van der Waals surface area contributed by atoms with Crippen LogP contribution in [0.3, 0.4) is 0 Å². The van der Waals surface area contributed by atoms with Gasteiger partial charge >= 0.3 is 0 Å². The van der Waals surface area contributed by atoms with Crippen LogP contribution in [-0.2, 0) is 18.3 Å². The Hall–Kier alpha value is -5.05. The molecular weight excluding hydrogens is 564 g/mol. The Balaban J connectivity index is 1.13. The van der Waals surface area contributed by atoms with Crippen LogP contribution in [0.15, 0.2) is 54.5 Å². The van der Waals surface area contributed by atoms with Gasteiger partial charge in [0.25, 0.3) is 5.95 Å². The van der Waals surface area contributed by atoms with Crippen LogP contribution in [-0.4, -0.2) is 82.7 Å². The van der Waals surface area contributed by atoms with Crippen LogP contribution in [0.5, 0.6) is 5.88 Å². The summed E-state index contributed by atoms with van der Waals surface area (Å²) in [5, 5.41) is 11.8. The third-order valence-corrected chi connectivity index (χ3v) is 8.08. The monoisotopic (exact) mass is 596 g/mol. The number of aromatic nitrogens is 9. The molecule has 0 atom stereocenters. The molecule has 1 saturated heterocycles. The first-order chi connectivity index (χ1) is 21.6. The maximum absolute atomic E-state index is 10.9. The first kappa shape index (κ1) is 27.8. The Kier molecular flexibility index (Phi) is 7.75. The van der Waals surface area contributed by atoms with Gasteiger partial charge < -0.3 is 24.3 Å². The van der Waals surface area contributed by atoms with E-state index in [0.29, 0.717) is 43.5 Å². The number of morpholine rings is 1. The van der Waals surface area contributed by atoms with Gasteiger partial charge in [0.15, 0.2) is 5.82 Å². The number of hydrogen-bond acceptors (Lipinski definition) is 13. The van der Waals surface area contributed by atoms with Gasteiger partial charge in [-0.25, -0.2) is 24.6 Å². The SMILES string of the molecule is Cn1c(Cn2cnc(-c3cnc4cc(N5CCOCC5)nc(OC5CCC(Nc6ncccn6)CC5)c4c3)n2)cnc1N=O. The van der Waals surface area contributed by atoms with Gasteiger partial charge in [0.1, 0.15) is 18.2 Å². The van der Waals surface area contributed by atoms with Crippen molar-refractivity contribution in [2.45, 2.75) is 44.4 Å². The lowest BCUT2D eigenvalue weighted by Gasteiger charge is -2.31. The molecule has 0 radical (unpaired) electrons. The average molecular weight is 597 g/mol. The Morgan fingerprint density at radius 3 is 2.61 bits per heavy atom. The molecule has 44 heavy (non-hydrogen) atoms. The number of hydrogen-bond donors (Lipinski definition) is 1. The summed E-state index contributed by atoms with van der Waals surface area (Å²) in [5.41, 5.74) is 2.32. The summed E-state index contributed by atoms with van der Waals surface area (Å²) in [6, 6.07) is 6.10. The molecule has 0 spiro atoms. The molecule has 15 heteroatoms. The Labute approximate surface area is 252 Å². The van der Waals surface area contributed by atoms with Crippen molar-refractivity contribution in [2.24, 2.45) is 12.2 Å². The second-order valence-corrected chi connectivity index (χ2v) is 10.9. The third kappa shape index (κ3) is 5.90. The maximum atomic E-state index is 10.9. The highest BCUT2D eigenvalue weighted by molar-refractivity contribution is 5.88. The van der Waals surface area contributed by atoms with Crippen LogP contribution >= 0.6 is 0 Å². The number of imidazole rings is 1. The molecule has 5 aromatic rings. The minimum absolute atomic E-state index is 0.0195. The molecule has 226 valence electrons. The van der Waals surface area contributed by atoms with Gasteiger partial charge in [0.2, 0.25) is 11.8 Å². The number of nitroso groups, excluding NO2 is 1. The van der Waals surface area contributed by atoms with Crippen LogP contribution in [0.4, 0.5) is 17.7 Å². The standard InChI is InChI=1S/C29H32N12O3/c1-39-21(16-33-29(39)38-42)17-41-18-34-26(37-41)19-13-23-24(32-15-19)14-25(40-9-11-43-12-10-40)36-27(23)44-22-5-3-20(4-6-22)35-28-30-7-2-8-31-28/h2,7-8,13-16,18,20,22H,3-6,9-12,17H2,1H3,(H,30,31,35). The highest BCUT2D eigenvalue weighted by Gasteiger charge is 2.25. The molecule has 1 N–H and O–H groups in total. The zero-order valence-corrected chi connectivity index (χ0v) is 24.3. The van der Waals surface area contributed by atoms with Crippen molar-refractivity contribution in [3.8, 4) is 17.3 Å². The molecule has 2 aliphatic rings. The lowest BCUT2D eigenvalue weighted by atomic mass is 9.93. The van der Waals surface area contributed by atoms with Crippen molar-refractivity contribution in [1.82, 2.24) is 44.3 Å². The molecule has 1 saturated carbocycles. The molecule has 0 bridgehead atoms. The molecule has 7 rings (SSSR count). The van der Waals surface area contributed by atoms with Crippen LogP contribution in [0.2, 0.25) is 0 Å². The van der Waals surface area contributed by atoms with E-state index in [1.807, 2.05) is 18.2 Å².